The minimum atomic E-state index is -0.672. The van der Waals surface area contributed by atoms with Crippen molar-refractivity contribution < 1.29 is 9.53 Å². The van der Waals surface area contributed by atoms with Crippen molar-refractivity contribution in [2.45, 2.75) is 32.1 Å². The highest BCUT2D eigenvalue weighted by molar-refractivity contribution is 7.99. The molecule has 1 aromatic heterocycles. The number of hydrogen-bond acceptors (Lipinski definition) is 6. The van der Waals surface area contributed by atoms with Crippen LogP contribution < -0.4 is 11.4 Å². The Kier molecular flexibility index (Phi) is 7.05. The van der Waals surface area contributed by atoms with Gasteiger partial charge in [0.1, 0.15) is 0 Å². The zero-order valence-corrected chi connectivity index (χ0v) is 16.3. The topological polar surface area (TPSA) is 83.2 Å². The van der Waals surface area contributed by atoms with Crippen LogP contribution in [0.5, 0.6) is 0 Å². The van der Waals surface area contributed by atoms with Crippen LogP contribution in [-0.4, -0.2) is 33.0 Å². The quantitative estimate of drug-likeness (QED) is 0.525. The minimum absolute atomic E-state index is 0.0883. The van der Waals surface area contributed by atoms with E-state index in [2.05, 4.69) is 9.72 Å². The molecule has 26 heavy (non-hydrogen) atoms. The zero-order chi connectivity index (χ0) is 19.3. The molecule has 0 aliphatic heterocycles. The van der Waals surface area contributed by atoms with E-state index in [-0.39, 0.29) is 13.1 Å². The summed E-state index contributed by atoms with van der Waals surface area (Å²) in [5, 5.41) is 0.943. The number of hydrogen-bond donors (Lipinski definition) is 0. The number of ether oxygens (including phenoxy) is 1. The van der Waals surface area contributed by atoms with Crippen molar-refractivity contribution >= 4 is 29.3 Å². The Morgan fingerprint density at radius 1 is 1.27 bits per heavy atom. The van der Waals surface area contributed by atoms with Gasteiger partial charge in [0.15, 0.2) is 5.16 Å². The molecule has 0 N–H and O–H groups in total. The van der Waals surface area contributed by atoms with Gasteiger partial charge in [-0.15, -0.1) is 0 Å². The van der Waals surface area contributed by atoms with Crippen LogP contribution in [0.4, 0.5) is 0 Å². The van der Waals surface area contributed by atoms with Crippen LogP contribution in [0.25, 0.3) is 0 Å². The molecule has 0 saturated heterocycles. The van der Waals surface area contributed by atoms with Crippen molar-refractivity contribution in [2.24, 2.45) is 5.92 Å². The summed E-state index contributed by atoms with van der Waals surface area (Å²) in [7, 11) is 1.26. The second-order valence-corrected chi connectivity index (χ2v) is 7.31. The summed E-state index contributed by atoms with van der Waals surface area (Å²) in [6, 6.07) is 7.08. The molecule has 0 aliphatic rings. The summed E-state index contributed by atoms with van der Waals surface area (Å²) in [5.41, 5.74) is -0.330. The Hall–Kier alpha value is -2.06. The van der Waals surface area contributed by atoms with E-state index in [1.54, 1.807) is 19.1 Å². The molecule has 0 aliphatic carbocycles. The second kappa shape index (κ2) is 9.05. The Morgan fingerprint density at radius 3 is 2.50 bits per heavy atom. The van der Waals surface area contributed by atoms with Crippen molar-refractivity contribution in [3.8, 4) is 0 Å². The number of carbonyl (C=O) groups excluding carboxylic acids is 1. The standard InChI is InChI=1S/C17H20ClN3O4S/c1-4-26-16-19-15(23)20(9-11(2)14(22)25-3)17(24)21(16)10-12-5-7-13(18)8-6-12/h5-8,11H,4,9-10H2,1-3H3/t11-/m0/s1. The van der Waals surface area contributed by atoms with Gasteiger partial charge in [0.05, 0.1) is 19.6 Å². The molecule has 1 aromatic carbocycles. The van der Waals surface area contributed by atoms with Crippen LogP contribution in [0.1, 0.15) is 19.4 Å². The molecule has 1 atom stereocenters. The van der Waals surface area contributed by atoms with Crippen LogP contribution in [0.2, 0.25) is 5.02 Å². The van der Waals surface area contributed by atoms with Crippen LogP contribution in [0.3, 0.4) is 0 Å². The first-order valence-corrected chi connectivity index (χ1v) is 9.40. The summed E-state index contributed by atoms with van der Waals surface area (Å²) in [4.78, 5) is 40.8. The first-order valence-electron chi connectivity index (χ1n) is 8.04. The molecular formula is C17H20ClN3O4S. The van der Waals surface area contributed by atoms with E-state index in [0.29, 0.717) is 15.9 Å². The smallest absolute Gasteiger partial charge is 0.354 e. The maximum atomic E-state index is 12.9. The highest BCUT2D eigenvalue weighted by Crippen LogP contribution is 2.15. The van der Waals surface area contributed by atoms with E-state index < -0.39 is 23.3 Å². The lowest BCUT2D eigenvalue weighted by Crippen LogP contribution is -2.44. The Bertz CT molecular complexity index is 892. The molecule has 0 amide bonds. The van der Waals surface area contributed by atoms with Gasteiger partial charge in [-0.3, -0.25) is 9.36 Å². The first kappa shape index (κ1) is 20.3. The molecule has 140 valence electrons. The lowest BCUT2D eigenvalue weighted by Gasteiger charge is -2.15. The normalized spacial score (nSPS) is 12.0. The molecule has 2 rings (SSSR count). The van der Waals surface area contributed by atoms with Crippen LogP contribution in [0.15, 0.2) is 39.0 Å². The van der Waals surface area contributed by atoms with Gasteiger partial charge in [-0.25, -0.2) is 14.2 Å². The van der Waals surface area contributed by atoms with Gasteiger partial charge < -0.3 is 4.74 Å². The van der Waals surface area contributed by atoms with Gasteiger partial charge in [0, 0.05) is 11.6 Å². The van der Waals surface area contributed by atoms with Crippen LogP contribution in [0, 0.1) is 5.92 Å². The van der Waals surface area contributed by atoms with Gasteiger partial charge >= 0.3 is 17.3 Å². The monoisotopic (exact) mass is 397 g/mol. The largest absolute Gasteiger partial charge is 0.469 e. The number of thioether (sulfide) groups is 1. The lowest BCUT2D eigenvalue weighted by molar-refractivity contribution is -0.145. The van der Waals surface area contributed by atoms with Gasteiger partial charge in [-0.2, -0.15) is 4.98 Å². The average molecular weight is 398 g/mol. The number of carbonyl (C=O) groups is 1. The number of nitrogens with zero attached hydrogens (tertiary/aromatic N) is 3. The highest BCUT2D eigenvalue weighted by atomic mass is 35.5. The van der Waals surface area contributed by atoms with E-state index >= 15 is 0 Å². The summed E-state index contributed by atoms with van der Waals surface area (Å²) in [6.45, 7) is 3.66. The van der Waals surface area contributed by atoms with Crippen molar-refractivity contribution in [2.75, 3.05) is 12.9 Å². The predicted octanol–water partition coefficient (Wildman–Crippen LogP) is 2.03. The molecule has 1 heterocycles. The number of halogens is 1. The molecule has 0 spiro atoms. The number of methoxy groups -OCH3 is 1. The third-order valence-corrected chi connectivity index (χ3v) is 4.81. The molecule has 2 aromatic rings. The molecule has 0 saturated carbocycles. The maximum Gasteiger partial charge on any atom is 0.354 e. The summed E-state index contributed by atoms with van der Waals surface area (Å²) in [6.07, 6.45) is 0. The first-order chi connectivity index (χ1) is 12.4. The lowest BCUT2D eigenvalue weighted by atomic mass is 10.2. The Morgan fingerprint density at radius 2 is 1.92 bits per heavy atom. The van der Waals surface area contributed by atoms with Gasteiger partial charge in [0.2, 0.25) is 0 Å². The number of rotatable bonds is 7. The van der Waals surface area contributed by atoms with Gasteiger partial charge in [-0.1, -0.05) is 49.3 Å². The summed E-state index contributed by atoms with van der Waals surface area (Å²) in [5.74, 6) is -0.469. The fourth-order valence-corrected chi connectivity index (χ4v) is 3.19. The molecular weight excluding hydrogens is 378 g/mol. The highest BCUT2D eigenvalue weighted by Gasteiger charge is 2.19. The molecule has 0 bridgehead atoms. The van der Waals surface area contributed by atoms with Crippen molar-refractivity contribution in [1.82, 2.24) is 14.1 Å². The third-order valence-electron chi connectivity index (χ3n) is 3.70. The second-order valence-electron chi connectivity index (χ2n) is 5.64. The zero-order valence-electron chi connectivity index (χ0n) is 14.8. The van der Waals surface area contributed by atoms with E-state index in [1.807, 2.05) is 19.1 Å². The fourth-order valence-electron chi connectivity index (χ4n) is 2.36. The maximum absolute atomic E-state index is 12.9. The molecule has 7 nitrogen and oxygen atoms in total. The van der Waals surface area contributed by atoms with E-state index in [4.69, 9.17) is 11.6 Å². The molecule has 9 heteroatoms. The number of esters is 1. The van der Waals surface area contributed by atoms with Crippen molar-refractivity contribution in [3.63, 3.8) is 0 Å². The predicted molar refractivity (Wildman–Crippen MR) is 101 cm³/mol. The fraction of sp³-hybridized carbons (Fsp3) is 0.412. The van der Waals surface area contributed by atoms with Gasteiger partial charge in [-0.05, 0) is 23.4 Å². The Balaban J connectivity index is 2.48. The molecule has 0 unspecified atom stereocenters. The van der Waals surface area contributed by atoms with Crippen LogP contribution in [-0.2, 0) is 22.6 Å². The molecule has 0 radical (unpaired) electrons. The third kappa shape index (κ3) is 4.76. The molecule has 0 fully saturated rings. The van der Waals surface area contributed by atoms with Crippen molar-refractivity contribution in [3.05, 3.63) is 55.8 Å². The van der Waals surface area contributed by atoms with Crippen LogP contribution >= 0.6 is 23.4 Å². The van der Waals surface area contributed by atoms with E-state index in [0.717, 1.165) is 10.1 Å². The summed E-state index contributed by atoms with van der Waals surface area (Å²) >= 11 is 7.21. The average Bonchev–Trinajstić information content (AvgIpc) is 2.62. The number of aromatic nitrogens is 3. The summed E-state index contributed by atoms with van der Waals surface area (Å²) < 4.78 is 7.07. The Labute approximate surface area is 160 Å². The minimum Gasteiger partial charge on any atom is -0.469 e. The van der Waals surface area contributed by atoms with E-state index in [1.165, 1.54) is 23.4 Å². The van der Waals surface area contributed by atoms with Crippen molar-refractivity contribution in [1.29, 1.82) is 0 Å². The SMILES string of the molecule is CCSc1nc(=O)n(C[C@H](C)C(=O)OC)c(=O)n1Cc1ccc(Cl)cc1. The van der Waals surface area contributed by atoms with Gasteiger partial charge in [0.25, 0.3) is 0 Å². The van der Waals surface area contributed by atoms with E-state index in [9.17, 15) is 14.4 Å². The number of benzene rings is 1.